The monoisotopic (exact) mass is 639 g/mol. The number of ketones is 1. The van der Waals surface area contributed by atoms with Gasteiger partial charge in [-0.1, -0.05) is 6.92 Å². The topological polar surface area (TPSA) is 269 Å². The Morgan fingerprint density at radius 3 is 1.95 bits per heavy atom. The fourth-order valence-electron chi connectivity index (χ4n) is 3.39. The molecule has 0 rings (SSSR count). The van der Waals surface area contributed by atoms with Crippen LogP contribution in [0, 0.1) is 0 Å². The van der Waals surface area contributed by atoms with E-state index in [1.807, 2.05) is 0 Å². The first-order valence-electron chi connectivity index (χ1n) is 13.6. The molecule has 0 spiro atoms. The number of nitrogens with one attached hydrogen (secondary N) is 3. The molecule has 6 N–H and O–H groups in total. The number of amides is 3. The summed E-state index contributed by atoms with van der Waals surface area (Å²) in [6.07, 6.45) is -0.815. The maximum absolute atomic E-state index is 12.0. The summed E-state index contributed by atoms with van der Waals surface area (Å²) >= 11 is 0. The van der Waals surface area contributed by atoms with Gasteiger partial charge in [0, 0.05) is 32.2 Å². The van der Waals surface area contributed by atoms with Gasteiger partial charge in [0.15, 0.2) is 9.84 Å². The highest BCUT2D eigenvalue weighted by atomic mass is 32.2. The standard InChI is InChI=1S/C25H41N3O14S/c1-2-18(24(35)36)27-21(31)9-8-19(25(37)38)28-22(32)15-42-13-12-41-11-10-26-20(30)6-4-14-43(39,40)16-17(29)5-3-7-23(33)34/h18-19H,2-16H2,1H3,(H,26,30)(H,27,31)(H,28,32)(H,33,34)(H,35,36)(H,37,38)/t18?,19-/m0/s1. The van der Waals surface area contributed by atoms with Gasteiger partial charge in [0.2, 0.25) is 17.7 Å². The van der Waals surface area contributed by atoms with Crippen LogP contribution < -0.4 is 16.0 Å². The molecular formula is C25H41N3O14S. The first kappa shape index (κ1) is 39.4. The molecule has 0 radical (unpaired) electrons. The van der Waals surface area contributed by atoms with E-state index in [0.717, 1.165) is 0 Å². The van der Waals surface area contributed by atoms with Crippen molar-refractivity contribution in [2.24, 2.45) is 0 Å². The molecule has 0 bridgehead atoms. The zero-order valence-electron chi connectivity index (χ0n) is 24.0. The Balaban J connectivity index is 4.01. The van der Waals surface area contributed by atoms with Crippen LogP contribution >= 0.6 is 0 Å². The highest BCUT2D eigenvalue weighted by Crippen LogP contribution is 2.04. The van der Waals surface area contributed by atoms with Gasteiger partial charge in [-0.25, -0.2) is 18.0 Å². The molecule has 246 valence electrons. The summed E-state index contributed by atoms with van der Waals surface area (Å²) in [4.78, 5) is 80.1. The molecule has 17 nitrogen and oxygen atoms in total. The van der Waals surface area contributed by atoms with Crippen molar-refractivity contribution in [3.63, 3.8) is 0 Å². The minimum atomic E-state index is -3.70. The highest BCUT2D eigenvalue weighted by Gasteiger charge is 2.23. The number of ether oxygens (including phenoxy) is 2. The van der Waals surface area contributed by atoms with Crippen LogP contribution in [-0.2, 0) is 52.9 Å². The van der Waals surface area contributed by atoms with E-state index < -0.39 is 75.7 Å². The minimum Gasteiger partial charge on any atom is -0.481 e. The number of aliphatic carboxylic acids is 3. The number of carbonyl (C=O) groups excluding carboxylic acids is 4. The second-order valence-corrected chi connectivity index (χ2v) is 11.5. The van der Waals surface area contributed by atoms with Crippen LogP contribution in [0.1, 0.15) is 58.3 Å². The van der Waals surface area contributed by atoms with Gasteiger partial charge < -0.3 is 40.7 Å². The molecule has 18 heteroatoms. The predicted molar refractivity (Wildman–Crippen MR) is 148 cm³/mol. The number of sulfone groups is 1. The third-order valence-corrected chi connectivity index (χ3v) is 7.27. The van der Waals surface area contributed by atoms with Crippen LogP contribution in [0.15, 0.2) is 0 Å². The van der Waals surface area contributed by atoms with Gasteiger partial charge in [-0.3, -0.25) is 24.0 Å². The first-order valence-corrected chi connectivity index (χ1v) is 15.4. The third-order valence-electron chi connectivity index (χ3n) is 5.60. The maximum atomic E-state index is 12.0. The molecule has 0 aliphatic rings. The summed E-state index contributed by atoms with van der Waals surface area (Å²) in [5.74, 6) is -7.12. The minimum absolute atomic E-state index is 0.00725. The fraction of sp³-hybridized carbons (Fsp3) is 0.720. The van der Waals surface area contributed by atoms with Crippen molar-refractivity contribution in [2.75, 3.05) is 44.5 Å². The van der Waals surface area contributed by atoms with Crippen molar-refractivity contribution >= 4 is 51.2 Å². The quantitative estimate of drug-likeness (QED) is 0.0587. The van der Waals surface area contributed by atoms with E-state index in [1.165, 1.54) is 0 Å². The SMILES string of the molecule is CCC(NC(=O)CC[C@H](NC(=O)COCCOCCNC(=O)CCCS(=O)(=O)CC(=O)CCCC(=O)O)C(=O)O)C(=O)O. The molecule has 0 fully saturated rings. The lowest BCUT2D eigenvalue weighted by Crippen LogP contribution is -2.44. The Kier molecular flexibility index (Phi) is 20.1. The van der Waals surface area contributed by atoms with Crippen LogP contribution in [0.3, 0.4) is 0 Å². The number of carbonyl (C=O) groups is 7. The largest absolute Gasteiger partial charge is 0.481 e. The molecule has 1 unspecified atom stereocenters. The van der Waals surface area contributed by atoms with Gasteiger partial charge in [-0.2, -0.15) is 0 Å². The summed E-state index contributed by atoms with van der Waals surface area (Å²) in [5.41, 5.74) is 0. The van der Waals surface area contributed by atoms with E-state index in [0.29, 0.717) is 0 Å². The molecule has 3 amide bonds. The van der Waals surface area contributed by atoms with E-state index in [2.05, 4.69) is 16.0 Å². The lowest BCUT2D eigenvalue weighted by atomic mass is 10.1. The van der Waals surface area contributed by atoms with Crippen LogP contribution in [0.5, 0.6) is 0 Å². The molecular weight excluding hydrogens is 598 g/mol. The van der Waals surface area contributed by atoms with E-state index >= 15 is 0 Å². The molecule has 2 atom stereocenters. The number of carboxylic acid groups (broad SMARTS) is 3. The summed E-state index contributed by atoms with van der Waals surface area (Å²) in [6, 6.07) is -2.48. The summed E-state index contributed by atoms with van der Waals surface area (Å²) in [5, 5.41) is 33.7. The lowest BCUT2D eigenvalue weighted by Gasteiger charge is -2.16. The Hall–Kier alpha value is -3.64. The number of hydrogen-bond acceptors (Lipinski definition) is 11. The van der Waals surface area contributed by atoms with E-state index in [4.69, 9.17) is 19.7 Å². The zero-order valence-corrected chi connectivity index (χ0v) is 24.8. The molecule has 0 saturated carbocycles. The summed E-state index contributed by atoms with van der Waals surface area (Å²) in [6.45, 7) is 1.32. The highest BCUT2D eigenvalue weighted by molar-refractivity contribution is 7.92. The first-order chi connectivity index (χ1) is 20.2. The van der Waals surface area contributed by atoms with Gasteiger partial charge in [0.1, 0.15) is 30.2 Å². The molecule has 0 aromatic carbocycles. The molecule has 0 aromatic rings. The normalized spacial score (nSPS) is 12.5. The van der Waals surface area contributed by atoms with Crippen LogP contribution in [0.25, 0.3) is 0 Å². The van der Waals surface area contributed by atoms with Crippen LogP contribution in [-0.4, -0.2) is 122 Å². The molecule has 0 aliphatic carbocycles. The molecule has 0 heterocycles. The van der Waals surface area contributed by atoms with E-state index in [9.17, 15) is 47.1 Å². The van der Waals surface area contributed by atoms with Crippen molar-refractivity contribution in [3.05, 3.63) is 0 Å². The second kappa shape index (κ2) is 22.0. The van der Waals surface area contributed by atoms with Crippen LogP contribution in [0.2, 0.25) is 0 Å². The van der Waals surface area contributed by atoms with Crippen molar-refractivity contribution in [3.8, 4) is 0 Å². The third kappa shape index (κ3) is 21.7. The Morgan fingerprint density at radius 1 is 0.721 bits per heavy atom. The lowest BCUT2D eigenvalue weighted by molar-refractivity contribution is -0.144. The maximum Gasteiger partial charge on any atom is 0.326 e. The smallest absolute Gasteiger partial charge is 0.326 e. The van der Waals surface area contributed by atoms with Gasteiger partial charge in [-0.05, 0) is 25.7 Å². The number of rotatable bonds is 26. The Morgan fingerprint density at radius 2 is 1.35 bits per heavy atom. The predicted octanol–water partition coefficient (Wildman–Crippen LogP) is -1.52. The van der Waals surface area contributed by atoms with Crippen molar-refractivity contribution < 1.29 is 66.8 Å². The number of carboxylic acids is 3. The molecule has 0 saturated heterocycles. The average molecular weight is 640 g/mol. The van der Waals surface area contributed by atoms with Crippen molar-refractivity contribution in [2.45, 2.75) is 70.4 Å². The van der Waals surface area contributed by atoms with Gasteiger partial charge in [-0.15, -0.1) is 0 Å². The van der Waals surface area contributed by atoms with Crippen LogP contribution in [0.4, 0.5) is 0 Å². The van der Waals surface area contributed by atoms with Gasteiger partial charge in [0.25, 0.3) is 0 Å². The van der Waals surface area contributed by atoms with E-state index in [-0.39, 0.29) is 83.5 Å². The second-order valence-electron chi connectivity index (χ2n) is 9.36. The van der Waals surface area contributed by atoms with Crippen molar-refractivity contribution in [1.29, 1.82) is 0 Å². The number of Topliss-reactive ketones (excluding diaryl/α,β-unsaturated/α-hetero) is 1. The zero-order chi connectivity index (χ0) is 32.8. The Bertz CT molecular complexity index is 1060. The Labute approximate surface area is 249 Å². The molecule has 43 heavy (non-hydrogen) atoms. The fourth-order valence-corrected chi connectivity index (χ4v) is 4.75. The average Bonchev–Trinajstić information content (AvgIpc) is 2.89. The number of hydrogen-bond donors (Lipinski definition) is 6. The molecule has 0 aliphatic heterocycles. The van der Waals surface area contributed by atoms with Gasteiger partial charge in [0.05, 0.1) is 25.6 Å². The summed E-state index contributed by atoms with van der Waals surface area (Å²) < 4.78 is 34.3. The molecule has 0 aromatic heterocycles. The van der Waals surface area contributed by atoms with Gasteiger partial charge >= 0.3 is 17.9 Å². The summed E-state index contributed by atoms with van der Waals surface area (Å²) in [7, 11) is -3.70. The van der Waals surface area contributed by atoms with E-state index in [1.54, 1.807) is 6.92 Å². The van der Waals surface area contributed by atoms with Crippen molar-refractivity contribution in [1.82, 2.24) is 16.0 Å².